The topological polar surface area (TPSA) is 158 Å². The largest absolute Gasteiger partial charge is 0.349 e. The highest BCUT2D eigenvalue weighted by Crippen LogP contribution is 2.31. The maximum Gasteiger partial charge on any atom is 0.248 e. The van der Waals surface area contributed by atoms with Crippen molar-refractivity contribution in [3.05, 3.63) is 204 Å². The Morgan fingerprint density at radius 3 is 1.93 bits per heavy atom. The molecule has 0 spiro atoms. The van der Waals surface area contributed by atoms with Gasteiger partial charge in [0, 0.05) is 29.3 Å². The highest BCUT2D eigenvalue weighted by molar-refractivity contribution is 8.15. The standard InChI is InChI=1S/C18H14FN3S.C17H14ClFN2S.C16H15N3O2S/c1-13-2-8-17(9-3-13)22-18(15(10-20)11-21)23-12-14-4-6-16(19)7-5-14;1-12(10-20)17(21-16-8-3-2-7-15(16)18)22-11-13-5-4-6-14(19)9-13;1-10-4-6-12(7-5-10)18-14(21)9-22-16-15(17-3)11(2)8-13(20)19-16/h2-9,22H,12H2,1H3;2-9,21H,11H2,1H3;4-7H,8-9H2,1-2H3,(H,18,21)/b;17-12-;. The molecule has 0 radical (unpaired) electrons. The summed E-state index contributed by atoms with van der Waals surface area (Å²) in [6, 6.07) is 41.0. The van der Waals surface area contributed by atoms with Crippen molar-refractivity contribution in [2.24, 2.45) is 4.99 Å². The first kappa shape index (κ1) is 52.5. The number of carbonyl (C=O) groups excluding carboxylic acids is 2. The molecule has 338 valence electrons. The van der Waals surface area contributed by atoms with E-state index in [-0.39, 0.29) is 41.2 Å². The van der Waals surface area contributed by atoms with Crippen LogP contribution in [0.25, 0.3) is 4.85 Å². The van der Waals surface area contributed by atoms with Gasteiger partial charge in [0.2, 0.25) is 17.5 Å². The molecule has 1 heterocycles. The van der Waals surface area contributed by atoms with Crippen molar-refractivity contribution >= 4 is 80.8 Å². The minimum atomic E-state index is -0.290. The van der Waals surface area contributed by atoms with Crippen LogP contribution in [0.4, 0.5) is 25.8 Å². The molecule has 0 fully saturated rings. The number of hydrogen-bond donors (Lipinski definition) is 3. The summed E-state index contributed by atoms with van der Waals surface area (Å²) in [5.41, 5.74) is 7.94. The van der Waals surface area contributed by atoms with Gasteiger partial charge in [-0.3, -0.25) is 9.59 Å². The number of nitriles is 3. The van der Waals surface area contributed by atoms with Gasteiger partial charge in [0.15, 0.2) is 5.57 Å². The van der Waals surface area contributed by atoms with Gasteiger partial charge in [0.25, 0.3) is 0 Å². The predicted molar refractivity (Wildman–Crippen MR) is 270 cm³/mol. The summed E-state index contributed by atoms with van der Waals surface area (Å²) in [5, 5.41) is 38.6. The van der Waals surface area contributed by atoms with Crippen LogP contribution in [0.2, 0.25) is 5.02 Å². The lowest BCUT2D eigenvalue weighted by atomic mass is 10.1. The molecule has 0 saturated carbocycles. The zero-order valence-electron chi connectivity index (χ0n) is 36.8. The number of aryl methyl sites for hydroxylation is 2. The molecule has 0 saturated heterocycles. The molecule has 0 atom stereocenters. The Balaban J connectivity index is 0.000000219. The van der Waals surface area contributed by atoms with E-state index in [0.717, 1.165) is 51.1 Å². The van der Waals surface area contributed by atoms with E-state index in [4.69, 9.17) is 34.0 Å². The van der Waals surface area contributed by atoms with E-state index in [1.54, 1.807) is 38.1 Å². The van der Waals surface area contributed by atoms with Crippen molar-refractivity contribution in [1.29, 1.82) is 15.8 Å². The highest BCUT2D eigenvalue weighted by atomic mass is 35.5. The molecule has 0 unspecified atom stereocenters. The van der Waals surface area contributed by atoms with Crippen LogP contribution >= 0.6 is 46.9 Å². The van der Waals surface area contributed by atoms with Crippen LogP contribution in [0.1, 0.15) is 42.5 Å². The molecule has 1 aliphatic heterocycles. The first-order valence-corrected chi connectivity index (χ1v) is 23.5. The zero-order valence-corrected chi connectivity index (χ0v) is 40.0. The summed E-state index contributed by atoms with van der Waals surface area (Å²) < 4.78 is 26.1. The number of thioether (sulfide) groups is 3. The molecule has 67 heavy (non-hydrogen) atoms. The molecule has 6 rings (SSSR count). The van der Waals surface area contributed by atoms with Gasteiger partial charge in [0.1, 0.15) is 33.8 Å². The average Bonchev–Trinajstić information content (AvgIpc) is 3.31. The van der Waals surface area contributed by atoms with Crippen LogP contribution in [0, 0.1) is 66.0 Å². The number of hydrogen-bond acceptors (Lipinski definition) is 10. The third-order valence-electron chi connectivity index (χ3n) is 9.00. The molecular formula is C51H43ClF2N8O2S3. The van der Waals surface area contributed by atoms with Crippen molar-refractivity contribution in [1.82, 2.24) is 0 Å². The van der Waals surface area contributed by atoms with E-state index < -0.39 is 0 Å². The second-order valence-corrected chi connectivity index (χ2v) is 17.7. The molecule has 10 nitrogen and oxygen atoms in total. The van der Waals surface area contributed by atoms with E-state index in [1.165, 1.54) is 47.8 Å². The molecule has 5 aromatic rings. The van der Waals surface area contributed by atoms with Gasteiger partial charge in [-0.2, -0.15) is 15.8 Å². The summed E-state index contributed by atoms with van der Waals surface area (Å²) >= 11 is 10.0. The molecule has 16 heteroatoms. The first-order valence-electron chi connectivity index (χ1n) is 20.1. The number of anilines is 3. The number of rotatable bonds is 13. The van der Waals surface area contributed by atoms with Crippen LogP contribution < -0.4 is 16.0 Å². The summed E-state index contributed by atoms with van der Waals surface area (Å²) in [5.74, 6) is 0.168. The van der Waals surface area contributed by atoms with Gasteiger partial charge in [-0.05, 0) is 92.6 Å². The molecule has 1 aliphatic rings. The fourth-order valence-electron chi connectivity index (χ4n) is 5.47. The summed E-state index contributed by atoms with van der Waals surface area (Å²) in [4.78, 5) is 30.7. The van der Waals surface area contributed by atoms with E-state index in [2.05, 4.69) is 31.9 Å². The van der Waals surface area contributed by atoms with Gasteiger partial charge in [0.05, 0.1) is 39.7 Å². The lowest BCUT2D eigenvalue weighted by Crippen LogP contribution is -2.17. The summed E-state index contributed by atoms with van der Waals surface area (Å²) in [6.07, 6.45) is 0.178. The normalized spacial score (nSPS) is 11.8. The number of para-hydroxylation sites is 1. The number of dihydropyridines is 1. The Kier molecular flexibility index (Phi) is 21.5. The SMILES string of the molecule is C/C(C#N)=C(\Nc1ccccc1Cl)SCc1cccc(F)c1.Cc1ccc(NC(SCc2ccc(F)cc2)=C(C#N)C#N)cc1.[C-]#[N+]C1=C(C)CC(=O)N=C1SCC(=O)Nc1ccc(C)cc1. The molecule has 2 amide bonds. The van der Waals surface area contributed by atoms with Crippen molar-refractivity contribution in [2.75, 3.05) is 21.7 Å². The molecule has 0 aliphatic carbocycles. The second kappa shape index (κ2) is 27.4. The molecular weight excluding hydrogens is 926 g/mol. The van der Waals surface area contributed by atoms with Crippen molar-refractivity contribution < 1.29 is 18.4 Å². The molecule has 0 bridgehead atoms. The zero-order chi connectivity index (χ0) is 48.7. The number of aliphatic imine (C=N–C) groups is 1. The number of halogens is 3. The fourth-order valence-corrected chi connectivity index (χ4v) is 8.38. The van der Waals surface area contributed by atoms with E-state index >= 15 is 0 Å². The third-order valence-corrected chi connectivity index (χ3v) is 12.5. The Labute approximate surface area is 407 Å². The third kappa shape index (κ3) is 18.0. The Morgan fingerprint density at radius 2 is 1.34 bits per heavy atom. The Bertz CT molecular complexity index is 2840. The highest BCUT2D eigenvalue weighted by Gasteiger charge is 2.21. The predicted octanol–water partition coefficient (Wildman–Crippen LogP) is 13.5. The number of nitrogens with one attached hydrogen (secondary N) is 3. The number of nitrogens with zero attached hydrogens (tertiary/aromatic N) is 5. The molecule has 3 N–H and O–H groups in total. The molecule has 0 aromatic heterocycles. The van der Waals surface area contributed by atoms with Crippen molar-refractivity contribution in [3.63, 3.8) is 0 Å². The van der Waals surface area contributed by atoms with Gasteiger partial charge in [-0.1, -0.05) is 95.9 Å². The van der Waals surface area contributed by atoms with Crippen LogP contribution in [0.15, 0.2) is 159 Å². The van der Waals surface area contributed by atoms with Gasteiger partial charge in [-0.25, -0.2) is 18.6 Å². The lowest BCUT2D eigenvalue weighted by Gasteiger charge is -2.13. The summed E-state index contributed by atoms with van der Waals surface area (Å²) in [6.45, 7) is 14.6. The monoisotopic (exact) mass is 968 g/mol. The Hall–Kier alpha value is -7.11. The number of benzene rings is 5. The Morgan fingerprint density at radius 1 is 0.746 bits per heavy atom. The van der Waals surface area contributed by atoms with E-state index in [0.29, 0.717) is 48.5 Å². The quantitative estimate of drug-likeness (QED) is 0.0766. The van der Waals surface area contributed by atoms with Gasteiger partial charge < -0.3 is 16.0 Å². The van der Waals surface area contributed by atoms with Crippen molar-refractivity contribution in [2.45, 2.75) is 45.6 Å². The number of allylic oxidation sites excluding steroid dienone is 2. The van der Waals surface area contributed by atoms with Gasteiger partial charge >= 0.3 is 0 Å². The van der Waals surface area contributed by atoms with Crippen LogP contribution in [0.5, 0.6) is 0 Å². The summed E-state index contributed by atoms with van der Waals surface area (Å²) in [7, 11) is 0. The maximum absolute atomic E-state index is 13.2. The van der Waals surface area contributed by atoms with Crippen LogP contribution in [0.3, 0.4) is 0 Å². The smallest absolute Gasteiger partial charge is 0.248 e. The van der Waals surface area contributed by atoms with Crippen molar-refractivity contribution in [3.8, 4) is 18.2 Å². The maximum atomic E-state index is 13.2. The van der Waals surface area contributed by atoms with E-state index in [1.807, 2.05) is 98.8 Å². The van der Waals surface area contributed by atoms with Gasteiger partial charge in [-0.15, -0.1) is 35.3 Å². The fraction of sp³-hybridized carbons (Fsp3) is 0.157. The first-order chi connectivity index (χ1) is 32.2. The average molecular weight is 970 g/mol. The number of carbonyl (C=O) groups is 2. The minimum Gasteiger partial charge on any atom is -0.349 e. The van der Waals surface area contributed by atoms with Crippen LogP contribution in [-0.4, -0.2) is 22.6 Å². The minimum absolute atomic E-state index is 0.0256. The van der Waals surface area contributed by atoms with Crippen LogP contribution in [-0.2, 0) is 21.1 Å². The molecule has 5 aromatic carbocycles. The number of amides is 2. The second-order valence-electron chi connectivity index (χ2n) is 14.4. The lowest BCUT2D eigenvalue weighted by molar-refractivity contribution is -0.117. The van der Waals surface area contributed by atoms with E-state index in [9.17, 15) is 18.4 Å².